The highest BCUT2D eigenvalue weighted by Gasteiger charge is 2.08. The molecule has 0 aliphatic heterocycles. The quantitative estimate of drug-likeness (QED) is 0.547. The fraction of sp³-hybridized carbons (Fsp3) is 0.385. The van der Waals surface area contributed by atoms with Gasteiger partial charge in [-0.1, -0.05) is 12.1 Å². The number of allylic oxidation sites excluding steroid dienone is 1. The fourth-order valence-electron chi connectivity index (χ4n) is 1.33. The van der Waals surface area contributed by atoms with Crippen molar-refractivity contribution in [3.05, 3.63) is 36.4 Å². The second-order valence-corrected chi connectivity index (χ2v) is 3.40. The van der Waals surface area contributed by atoms with Gasteiger partial charge in [-0.15, -0.1) is 6.58 Å². The molecule has 1 aromatic carbocycles. The zero-order chi connectivity index (χ0) is 12.0. The molecule has 0 heterocycles. The summed E-state index contributed by atoms with van der Waals surface area (Å²) in [5, 5.41) is 0. The minimum atomic E-state index is -0.292. The van der Waals surface area contributed by atoms with Crippen LogP contribution in [0.1, 0.15) is 12.5 Å². The number of methoxy groups -OCH3 is 2. The summed E-state index contributed by atoms with van der Waals surface area (Å²) in [6, 6.07) is 5.81. The Labute approximate surface area is 96.6 Å². The first-order valence-corrected chi connectivity index (χ1v) is 5.18. The highest BCUT2D eigenvalue weighted by Crippen LogP contribution is 2.29. The Balaban J connectivity index is 2.88. The lowest BCUT2D eigenvalue weighted by molar-refractivity contribution is -0.0395. The van der Waals surface area contributed by atoms with Crippen molar-refractivity contribution in [3.8, 4) is 11.5 Å². The van der Waals surface area contributed by atoms with Crippen molar-refractivity contribution >= 4 is 0 Å². The molecular formula is C13H18O3. The van der Waals surface area contributed by atoms with E-state index in [-0.39, 0.29) is 6.29 Å². The van der Waals surface area contributed by atoms with Crippen LogP contribution in [0.15, 0.2) is 30.9 Å². The number of ether oxygens (including phenoxy) is 3. The zero-order valence-electron chi connectivity index (χ0n) is 10.0. The summed E-state index contributed by atoms with van der Waals surface area (Å²) >= 11 is 0. The topological polar surface area (TPSA) is 27.7 Å². The summed E-state index contributed by atoms with van der Waals surface area (Å²) in [7, 11) is 3.22. The summed E-state index contributed by atoms with van der Waals surface area (Å²) in [5.41, 5.74) is 1.14. The van der Waals surface area contributed by atoms with Gasteiger partial charge in [0, 0.05) is 7.11 Å². The minimum absolute atomic E-state index is 0.292. The van der Waals surface area contributed by atoms with E-state index in [1.54, 1.807) is 14.2 Å². The van der Waals surface area contributed by atoms with Crippen molar-refractivity contribution in [2.45, 2.75) is 19.6 Å². The third-order valence-corrected chi connectivity index (χ3v) is 2.23. The fourth-order valence-corrected chi connectivity index (χ4v) is 1.33. The molecule has 0 aliphatic carbocycles. The van der Waals surface area contributed by atoms with Crippen molar-refractivity contribution in [3.63, 3.8) is 0 Å². The molecule has 0 spiro atoms. The van der Waals surface area contributed by atoms with Gasteiger partial charge in [-0.05, 0) is 31.0 Å². The van der Waals surface area contributed by atoms with E-state index in [1.807, 2.05) is 31.2 Å². The van der Waals surface area contributed by atoms with Crippen molar-refractivity contribution < 1.29 is 14.2 Å². The zero-order valence-corrected chi connectivity index (χ0v) is 10.0. The van der Waals surface area contributed by atoms with Gasteiger partial charge in [0.1, 0.15) is 0 Å². The molecule has 16 heavy (non-hydrogen) atoms. The summed E-state index contributed by atoms with van der Waals surface area (Å²) in [5.74, 6) is 1.40. The molecule has 0 N–H and O–H groups in total. The molecule has 0 aromatic heterocycles. The molecule has 1 unspecified atom stereocenters. The summed E-state index contributed by atoms with van der Waals surface area (Å²) in [6.45, 7) is 5.53. The summed E-state index contributed by atoms with van der Waals surface area (Å²) in [6.07, 6.45) is 2.38. The minimum Gasteiger partial charge on any atom is -0.493 e. The monoisotopic (exact) mass is 222 g/mol. The van der Waals surface area contributed by atoms with Crippen LogP contribution in [0, 0.1) is 0 Å². The Hall–Kier alpha value is -1.48. The number of benzene rings is 1. The molecule has 0 aliphatic rings. The molecule has 1 atom stereocenters. The Bertz CT molecular complexity index is 347. The van der Waals surface area contributed by atoms with E-state index in [4.69, 9.17) is 14.2 Å². The van der Waals surface area contributed by atoms with Gasteiger partial charge in [0.25, 0.3) is 0 Å². The summed E-state index contributed by atoms with van der Waals surface area (Å²) in [4.78, 5) is 0. The third-order valence-electron chi connectivity index (χ3n) is 2.23. The number of hydrogen-bond acceptors (Lipinski definition) is 3. The molecule has 0 saturated carbocycles. The van der Waals surface area contributed by atoms with E-state index in [9.17, 15) is 0 Å². The second-order valence-electron chi connectivity index (χ2n) is 3.40. The van der Waals surface area contributed by atoms with Gasteiger partial charge >= 0.3 is 0 Å². The molecule has 88 valence electrons. The van der Waals surface area contributed by atoms with Crippen LogP contribution in [0.5, 0.6) is 11.5 Å². The maximum Gasteiger partial charge on any atom is 0.196 e. The highest BCUT2D eigenvalue weighted by atomic mass is 16.7. The van der Waals surface area contributed by atoms with E-state index >= 15 is 0 Å². The van der Waals surface area contributed by atoms with Crippen LogP contribution >= 0.6 is 0 Å². The first-order chi connectivity index (χ1) is 7.71. The molecule has 3 nitrogen and oxygen atoms in total. The van der Waals surface area contributed by atoms with Gasteiger partial charge in [-0.25, -0.2) is 0 Å². The van der Waals surface area contributed by atoms with Crippen LogP contribution in [0.4, 0.5) is 0 Å². The number of rotatable bonds is 6. The maximum atomic E-state index is 5.55. The highest BCUT2D eigenvalue weighted by molar-refractivity contribution is 5.43. The van der Waals surface area contributed by atoms with E-state index in [0.29, 0.717) is 11.5 Å². The Morgan fingerprint density at radius 3 is 2.62 bits per heavy atom. The molecular weight excluding hydrogens is 204 g/mol. The SMILES string of the molecule is C=CCc1ccc(OC(C)OC)c(OC)c1. The first-order valence-electron chi connectivity index (χ1n) is 5.18. The Morgan fingerprint density at radius 2 is 2.06 bits per heavy atom. The van der Waals surface area contributed by atoms with Gasteiger partial charge in [-0.3, -0.25) is 0 Å². The van der Waals surface area contributed by atoms with Crippen LogP contribution in [0.2, 0.25) is 0 Å². The van der Waals surface area contributed by atoms with Crippen LogP contribution < -0.4 is 9.47 Å². The lowest BCUT2D eigenvalue weighted by Crippen LogP contribution is -2.14. The summed E-state index contributed by atoms with van der Waals surface area (Å²) < 4.78 is 15.8. The largest absolute Gasteiger partial charge is 0.493 e. The Kier molecular flexibility index (Phi) is 4.86. The standard InChI is InChI=1S/C13H18O3/c1-5-6-11-7-8-12(13(9-11)15-4)16-10(2)14-3/h5,7-10H,1,6H2,2-4H3. The van der Waals surface area contributed by atoms with E-state index < -0.39 is 0 Å². The molecule has 0 radical (unpaired) electrons. The predicted octanol–water partition coefficient (Wildman–Crippen LogP) is 2.79. The molecule has 3 heteroatoms. The van der Waals surface area contributed by atoms with Crippen LogP contribution in [-0.4, -0.2) is 20.5 Å². The molecule has 1 aromatic rings. The van der Waals surface area contributed by atoms with Gasteiger partial charge in [0.2, 0.25) is 0 Å². The predicted molar refractivity (Wildman–Crippen MR) is 64.0 cm³/mol. The van der Waals surface area contributed by atoms with E-state index in [1.165, 1.54) is 0 Å². The van der Waals surface area contributed by atoms with Crippen LogP contribution in [-0.2, 0) is 11.2 Å². The van der Waals surface area contributed by atoms with Crippen molar-refractivity contribution in [2.75, 3.05) is 14.2 Å². The van der Waals surface area contributed by atoms with Crippen LogP contribution in [0.3, 0.4) is 0 Å². The van der Waals surface area contributed by atoms with Crippen molar-refractivity contribution in [1.82, 2.24) is 0 Å². The van der Waals surface area contributed by atoms with Crippen molar-refractivity contribution in [2.24, 2.45) is 0 Å². The lowest BCUT2D eigenvalue weighted by Gasteiger charge is -2.15. The first kappa shape index (κ1) is 12.6. The molecule has 0 bridgehead atoms. The molecule has 0 amide bonds. The second kappa shape index (κ2) is 6.18. The maximum absolute atomic E-state index is 5.55. The third kappa shape index (κ3) is 3.28. The lowest BCUT2D eigenvalue weighted by atomic mass is 10.1. The van der Waals surface area contributed by atoms with E-state index in [0.717, 1.165) is 12.0 Å². The van der Waals surface area contributed by atoms with Gasteiger partial charge in [0.05, 0.1) is 7.11 Å². The molecule has 0 fully saturated rings. The number of hydrogen-bond donors (Lipinski definition) is 0. The Morgan fingerprint density at radius 1 is 1.31 bits per heavy atom. The van der Waals surface area contributed by atoms with Gasteiger partial charge in [0.15, 0.2) is 17.8 Å². The normalized spacial score (nSPS) is 11.9. The smallest absolute Gasteiger partial charge is 0.196 e. The van der Waals surface area contributed by atoms with Crippen molar-refractivity contribution in [1.29, 1.82) is 0 Å². The van der Waals surface area contributed by atoms with Crippen LogP contribution in [0.25, 0.3) is 0 Å². The molecule has 1 rings (SSSR count). The van der Waals surface area contributed by atoms with Gasteiger partial charge in [-0.2, -0.15) is 0 Å². The molecule has 0 saturated heterocycles. The average molecular weight is 222 g/mol. The van der Waals surface area contributed by atoms with Gasteiger partial charge < -0.3 is 14.2 Å². The average Bonchev–Trinajstić information content (AvgIpc) is 2.31. The van der Waals surface area contributed by atoms with E-state index in [2.05, 4.69) is 6.58 Å².